The van der Waals surface area contributed by atoms with Crippen LogP contribution in [0.15, 0.2) is 4.99 Å². The van der Waals surface area contributed by atoms with E-state index in [0.717, 1.165) is 0 Å². The van der Waals surface area contributed by atoms with Gasteiger partial charge in [-0.2, -0.15) is 0 Å². The van der Waals surface area contributed by atoms with E-state index in [1.54, 1.807) is 0 Å². The summed E-state index contributed by atoms with van der Waals surface area (Å²) in [5.74, 6) is -7.66. The Morgan fingerprint density at radius 1 is 0.684 bits per heavy atom. The maximum absolute atomic E-state index is 12.8. The monoisotopic (exact) mass is 545 g/mol. The lowest BCUT2D eigenvalue weighted by Gasteiger charge is -2.24. The van der Waals surface area contributed by atoms with Crippen molar-refractivity contribution in [2.45, 2.75) is 69.1 Å². The summed E-state index contributed by atoms with van der Waals surface area (Å²) in [4.78, 5) is 86.6. The van der Waals surface area contributed by atoms with Crippen LogP contribution in [0.25, 0.3) is 0 Å². The van der Waals surface area contributed by atoms with E-state index in [9.17, 15) is 38.7 Å². The second-order valence-electron chi connectivity index (χ2n) is 8.18. The van der Waals surface area contributed by atoms with Crippen LogP contribution in [0.5, 0.6) is 0 Å². The predicted molar refractivity (Wildman–Crippen MR) is 130 cm³/mol. The smallest absolute Gasteiger partial charge is 0.326 e. The molecule has 0 aliphatic rings. The molecule has 15 N–H and O–H groups in total. The molecule has 0 aliphatic heterocycles. The van der Waals surface area contributed by atoms with Gasteiger partial charge in [0.05, 0.1) is 12.5 Å². The van der Waals surface area contributed by atoms with E-state index in [1.165, 1.54) is 0 Å². The summed E-state index contributed by atoms with van der Waals surface area (Å²) in [6.45, 7) is 0.0902. The van der Waals surface area contributed by atoms with Crippen molar-refractivity contribution in [3.8, 4) is 0 Å². The molecule has 214 valence electrons. The minimum atomic E-state index is -1.62. The molecule has 18 nitrogen and oxygen atoms in total. The number of aliphatic imine (C=N–C) groups is 1. The Balaban J connectivity index is 5.56. The van der Waals surface area contributed by atoms with E-state index in [2.05, 4.69) is 20.9 Å². The number of primary amides is 2. The number of guanidine groups is 1. The van der Waals surface area contributed by atoms with Gasteiger partial charge < -0.3 is 54.8 Å². The lowest BCUT2D eigenvalue weighted by atomic mass is 10.1. The zero-order valence-corrected chi connectivity index (χ0v) is 20.6. The number of aliphatic carboxylic acids is 2. The van der Waals surface area contributed by atoms with Crippen molar-refractivity contribution in [1.29, 1.82) is 0 Å². The lowest BCUT2D eigenvalue weighted by Crippen LogP contribution is -2.57. The van der Waals surface area contributed by atoms with Crippen LogP contribution in [0.3, 0.4) is 0 Å². The van der Waals surface area contributed by atoms with Crippen LogP contribution >= 0.6 is 0 Å². The van der Waals surface area contributed by atoms with Crippen molar-refractivity contribution in [3.05, 3.63) is 0 Å². The highest BCUT2D eigenvalue weighted by Gasteiger charge is 2.31. The first-order valence-corrected chi connectivity index (χ1v) is 11.4. The van der Waals surface area contributed by atoms with Crippen molar-refractivity contribution in [2.75, 3.05) is 6.54 Å². The van der Waals surface area contributed by atoms with Gasteiger partial charge in [-0.25, -0.2) is 4.79 Å². The van der Waals surface area contributed by atoms with Gasteiger partial charge in [-0.1, -0.05) is 0 Å². The van der Waals surface area contributed by atoms with Crippen LogP contribution in [0.4, 0.5) is 0 Å². The molecular weight excluding hydrogens is 510 g/mol. The van der Waals surface area contributed by atoms with Crippen LogP contribution in [0, 0.1) is 0 Å². The number of nitrogens with zero attached hydrogens (tertiary/aromatic N) is 1. The summed E-state index contributed by atoms with van der Waals surface area (Å²) in [5, 5.41) is 24.8. The maximum atomic E-state index is 12.8. The Bertz CT molecular complexity index is 922. The summed E-state index contributed by atoms with van der Waals surface area (Å²) in [6.07, 6.45) is -2.04. The van der Waals surface area contributed by atoms with Crippen molar-refractivity contribution in [3.63, 3.8) is 0 Å². The summed E-state index contributed by atoms with van der Waals surface area (Å²) in [6, 6.07) is -5.85. The van der Waals surface area contributed by atoms with E-state index < -0.39 is 78.5 Å². The van der Waals surface area contributed by atoms with Gasteiger partial charge in [0.15, 0.2) is 5.96 Å². The Labute approximate surface area is 217 Å². The summed E-state index contributed by atoms with van der Waals surface area (Å²) < 4.78 is 0. The van der Waals surface area contributed by atoms with Gasteiger partial charge in [0, 0.05) is 19.4 Å². The predicted octanol–water partition coefficient (Wildman–Crippen LogP) is -5.09. The summed E-state index contributed by atoms with van der Waals surface area (Å²) >= 11 is 0. The molecule has 0 aromatic rings. The number of amides is 5. The average Bonchev–Trinajstić information content (AvgIpc) is 2.80. The van der Waals surface area contributed by atoms with Gasteiger partial charge in [-0.15, -0.1) is 0 Å². The molecule has 0 rings (SSSR count). The van der Waals surface area contributed by atoms with Crippen molar-refractivity contribution < 1.29 is 43.8 Å². The first kappa shape index (κ1) is 33.5. The van der Waals surface area contributed by atoms with Crippen molar-refractivity contribution >= 4 is 47.4 Å². The van der Waals surface area contributed by atoms with Gasteiger partial charge in [0.25, 0.3) is 0 Å². The quantitative estimate of drug-likeness (QED) is 0.0414. The van der Waals surface area contributed by atoms with E-state index in [4.69, 9.17) is 33.8 Å². The Hall–Kier alpha value is -4.48. The largest absolute Gasteiger partial charge is 0.481 e. The fraction of sp³-hybridized carbons (Fsp3) is 0.600. The van der Waals surface area contributed by atoms with Gasteiger partial charge in [0.1, 0.15) is 18.1 Å². The van der Waals surface area contributed by atoms with Crippen LogP contribution < -0.4 is 44.6 Å². The van der Waals surface area contributed by atoms with Gasteiger partial charge >= 0.3 is 11.9 Å². The molecule has 0 saturated heterocycles. The topological polar surface area (TPSA) is 338 Å². The van der Waals surface area contributed by atoms with Crippen LogP contribution in [-0.2, 0) is 33.6 Å². The number of carboxylic acid groups (broad SMARTS) is 2. The fourth-order valence-corrected chi connectivity index (χ4v) is 2.96. The van der Waals surface area contributed by atoms with Crippen LogP contribution in [0.2, 0.25) is 0 Å². The fourth-order valence-electron chi connectivity index (χ4n) is 2.96. The Kier molecular flexibility index (Phi) is 15.0. The molecule has 4 atom stereocenters. The molecule has 0 heterocycles. The first-order valence-electron chi connectivity index (χ1n) is 11.4. The molecule has 38 heavy (non-hydrogen) atoms. The third kappa shape index (κ3) is 14.8. The zero-order chi connectivity index (χ0) is 29.4. The average molecular weight is 546 g/mol. The lowest BCUT2D eigenvalue weighted by molar-refractivity contribution is -0.143. The highest BCUT2D eigenvalue weighted by Crippen LogP contribution is 2.05. The summed E-state index contributed by atoms with van der Waals surface area (Å²) in [7, 11) is 0. The number of carbonyl (C=O) groups excluding carboxylic acids is 5. The molecule has 0 aliphatic carbocycles. The Morgan fingerprint density at radius 3 is 1.74 bits per heavy atom. The minimum Gasteiger partial charge on any atom is -0.481 e. The van der Waals surface area contributed by atoms with Gasteiger partial charge in [-0.3, -0.25) is 33.8 Å². The molecule has 18 heteroatoms. The van der Waals surface area contributed by atoms with E-state index in [-0.39, 0.29) is 44.6 Å². The molecule has 4 unspecified atom stereocenters. The number of nitrogens with two attached hydrogens (primary N) is 5. The molecule has 0 radical (unpaired) electrons. The molecule has 5 amide bonds. The number of hydrogen-bond acceptors (Lipinski definition) is 9. The van der Waals surface area contributed by atoms with Gasteiger partial charge in [0.2, 0.25) is 29.5 Å². The molecule has 0 spiro atoms. The van der Waals surface area contributed by atoms with E-state index >= 15 is 0 Å². The maximum Gasteiger partial charge on any atom is 0.326 e. The van der Waals surface area contributed by atoms with Crippen molar-refractivity contribution in [1.82, 2.24) is 16.0 Å². The second-order valence-corrected chi connectivity index (χ2v) is 8.18. The van der Waals surface area contributed by atoms with E-state index in [1.807, 2.05) is 0 Å². The number of hydrogen-bond donors (Lipinski definition) is 10. The first-order chi connectivity index (χ1) is 17.6. The SMILES string of the molecule is NC(=O)CCC(NC(=O)C(CC(N)=O)NC(=O)C(N)CCC(=O)O)C(=O)NC(CCCN=C(N)N)C(=O)O. The third-order valence-electron chi connectivity index (χ3n) is 4.92. The normalized spacial score (nSPS) is 13.6. The molecule has 0 saturated carbocycles. The summed E-state index contributed by atoms with van der Waals surface area (Å²) in [5.41, 5.74) is 26.3. The second kappa shape index (κ2) is 17.1. The molecular formula is C20H35N9O9. The van der Waals surface area contributed by atoms with Gasteiger partial charge in [-0.05, 0) is 25.7 Å². The van der Waals surface area contributed by atoms with Crippen LogP contribution in [-0.4, -0.2) is 88.4 Å². The molecule has 0 bridgehead atoms. The Morgan fingerprint density at radius 2 is 1.24 bits per heavy atom. The van der Waals surface area contributed by atoms with E-state index in [0.29, 0.717) is 0 Å². The number of carbonyl (C=O) groups is 7. The molecule has 0 fully saturated rings. The van der Waals surface area contributed by atoms with Crippen molar-refractivity contribution in [2.24, 2.45) is 33.7 Å². The highest BCUT2D eigenvalue weighted by atomic mass is 16.4. The highest BCUT2D eigenvalue weighted by molar-refractivity contribution is 5.96. The zero-order valence-electron chi connectivity index (χ0n) is 20.6. The minimum absolute atomic E-state index is 0.0804. The number of rotatable bonds is 19. The number of nitrogens with one attached hydrogen (secondary N) is 3. The number of carboxylic acids is 2. The molecule has 0 aromatic carbocycles. The molecule has 0 aromatic heterocycles. The third-order valence-corrected chi connectivity index (χ3v) is 4.92. The van der Waals surface area contributed by atoms with Crippen LogP contribution in [0.1, 0.15) is 44.9 Å². The standard InChI is InChI=1S/C20H35N9O9/c21-9(3-6-15(32)33)16(34)29-12(8-14(23)31)18(36)27-10(4-5-13(22)30)17(35)28-11(19(37)38)2-1-7-26-20(24)25/h9-12H,1-8,21H2,(H2,22,30)(H2,23,31)(H,27,36)(H,28,35)(H,29,34)(H,32,33)(H,37,38)(H4,24,25,26).